The normalized spacial score (nSPS) is 30.7. The van der Waals surface area contributed by atoms with E-state index in [1.54, 1.807) is 0 Å². The van der Waals surface area contributed by atoms with E-state index in [2.05, 4.69) is 25.2 Å². The number of hydrogen-bond acceptors (Lipinski definition) is 4. The lowest BCUT2D eigenvalue weighted by molar-refractivity contribution is 0.0163. The maximum atomic E-state index is 9.63. The van der Waals surface area contributed by atoms with Crippen molar-refractivity contribution in [2.45, 2.75) is 64.0 Å². The van der Waals surface area contributed by atoms with Crippen molar-refractivity contribution >= 4 is 0 Å². The number of ether oxygens (including phenoxy) is 2. The second kappa shape index (κ2) is 8.12. The van der Waals surface area contributed by atoms with Crippen molar-refractivity contribution in [2.75, 3.05) is 26.4 Å². The molecule has 4 nitrogen and oxygen atoms in total. The van der Waals surface area contributed by atoms with Crippen LogP contribution < -0.4 is 5.32 Å². The maximum Gasteiger partial charge on any atom is 0.109 e. The first-order valence-electron chi connectivity index (χ1n) is 8.51. The van der Waals surface area contributed by atoms with Crippen molar-refractivity contribution in [1.82, 2.24) is 5.32 Å². The Morgan fingerprint density at radius 3 is 2.76 bits per heavy atom. The van der Waals surface area contributed by atoms with Crippen molar-refractivity contribution in [2.24, 2.45) is 11.8 Å². The van der Waals surface area contributed by atoms with Gasteiger partial charge in [0.1, 0.15) is 5.54 Å². The molecule has 21 heavy (non-hydrogen) atoms. The fourth-order valence-corrected chi connectivity index (χ4v) is 3.74. The van der Waals surface area contributed by atoms with E-state index in [0.717, 1.165) is 65.0 Å². The molecule has 1 saturated heterocycles. The molecule has 0 bridgehead atoms. The van der Waals surface area contributed by atoms with Crippen LogP contribution in [0.4, 0.5) is 0 Å². The van der Waals surface area contributed by atoms with Crippen LogP contribution in [0.5, 0.6) is 0 Å². The summed E-state index contributed by atoms with van der Waals surface area (Å²) in [6, 6.07) is 2.92. The third kappa shape index (κ3) is 4.67. The van der Waals surface area contributed by atoms with Gasteiger partial charge in [-0.1, -0.05) is 6.42 Å². The molecular weight excluding hydrogens is 264 g/mol. The van der Waals surface area contributed by atoms with Gasteiger partial charge in [0.25, 0.3) is 0 Å². The van der Waals surface area contributed by atoms with Crippen molar-refractivity contribution in [1.29, 1.82) is 5.26 Å². The highest BCUT2D eigenvalue weighted by molar-refractivity contribution is 5.14. The summed E-state index contributed by atoms with van der Waals surface area (Å²) in [5.74, 6) is 1.09. The summed E-state index contributed by atoms with van der Waals surface area (Å²) >= 11 is 0. The fraction of sp³-hybridized carbons (Fsp3) is 0.941. The Morgan fingerprint density at radius 1 is 1.33 bits per heavy atom. The first-order valence-corrected chi connectivity index (χ1v) is 8.51. The van der Waals surface area contributed by atoms with Crippen LogP contribution in [0, 0.1) is 23.2 Å². The predicted octanol–water partition coefficient (Wildman–Crippen LogP) is 2.88. The van der Waals surface area contributed by atoms with Crippen LogP contribution in [0.2, 0.25) is 0 Å². The summed E-state index contributed by atoms with van der Waals surface area (Å²) in [5.41, 5.74) is -0.323. The zero-order valence-corrected chi connectivity index (χ0v) is 13.6. The Hall–Kier alpha value is -0.630. The monoisotopic (exact) mass is 294 g/mol. The van der Waals surface area contributed by atoms with Gasteiger partial charge in [0.05, 0.1) is 6.07 Å². The number of nitrogens with zero attached hydrogens (tertiary/aromatic N) is 1. The van der Waals surface area contributed by atoms with E-state index < -0.39 is 0 Å². The van der Waals surface area contributed by atoms with E-state index in [-0.39, 0.29) is 5.54 Å². The van der Waals surface area contributed by atoms with Gasteiger partial charge in [-0.3, -0.25) is 5.32 Å². The largest absolute Gasteiger partial charge is 0.381 e. The van der Waals surface area contributed by atoms with Gasteiger partial charge in [0.2, 0.25) is 0 Å². The van der Waals surface area contributed by atoms with E-state index in [0.29, 0.717) is 17.9 Å². The summed E-state index contributed by atoms with van der Waals surface area (Å²) in [6.45, 7) is 7.64. The first kappa shape index (κ1) is 16.7. The Labute approximate surface area is 129 Å². The number of rotatable bonds is 7. The van der Waals surface area contributed by atoms with Gasteiger partial charge in [-0.2, -0.15) is 5.26 Å². The highest BCUT2D eigenvalue weighted by atomic mass is 16.5. The minimum Gasteiger partial charge on any atom is -0.381 e. The molecule has 0 spiro atoms. The topological polar surface area (TPSA) is 54.3 Å². The van der Waals surface area contributed by atoms with Crippen LogP contribution >= 0.6 is 0 Å². The van der Waals surface area contributed by atoms with E-state index >= 15 is 0 Å². The SMILES string of the molecule is CC(C)NC1(C#N)CCCC1CCOCC1CCOCC1. The summed E-state index contributed by atoms with van der Waals surface area (Å²) in [5, 5.41) is 13.1. The Balaban J connectivity index is 1.72. The van der Waals surface area contributed by atoms with Gasteiger partial charge in [-0.25, -0.2) is 0 Å². The zero-order valence-electron chi connectivity index (χ0n) is 13.6. The molecule has 1 N–H and O–H groups in total. The predicted molar refractivity (Wildman–Crippen MR) is 82.9 cm³/mol. The van der Waals surface area contributed by atoms with Crippen molar-refractivity contribution in [3.63, 3.8) is 0 Å². The number of nitrogens with one attached hydrogen (secondary N) is 1. The van der Waals surface area contributed by atoms with Crippen LogP contribution in [0.15, 0.2) is 0 Å². The summed E-state index contributed by atoms with van der Waals surface area (Å²) in [6.07, 6.45) is 6.52. The lowest BCUT2D eigenvalue weighted by Crippen LogP contribution is -2.50. The molecular formula is C17H30N2O2. The fourth-order valence-electron chi connectivity index (χ4n) is 3.74. The number of hydrogen-bond donors (Lipinski definition) is 1. The van der Waals surface area contributed by atoms with E-state index in [9.17, 15) is 5.26 Å². The molecule has 0 amide bonds. The minimum absolute atomic E-state index is 0.323. The molecule has 4 heteroatoms. The van der Waals surface area contributed by atoms with Crippen LogP contribution in [0.25, 0.3) is 0 Å². The molecule has 1 aliphatic heterocycles. The molecule has 2 unspecified atom stereocenters. The lowest BCUT2D eigenvalue weighted by atomic mass is 9.85. The van der Waals surface area contributed by atoms with E-state index in [1.807, 2.05) is 0 Å². The average Bonchev–Trinajstić information content (AvgIpc) is 2.87. The zero-order chi connectivity index (χ0) is 15.1. The Morgan fingerprint density at radius 2 is 2.10 bits per heavy atom. The van der Waals surface area contributed by atoms with E-state index in [1.165, 1.54) is 0 Å². The third-order valence-corrected chi connectivity index (χ3v) is 4.87. The summed E-state index contributed by atoms with van der Waals surface area (Å²) in [4.78, 5) is 0. The van der Waals surface area contributed by atoms with E-state index in [4.69, 9.17) is 9.47 Å². The van der Waals surface area contributed by atoms with Gasteiger partial charge in [0, 0.05) is 32.5 Å². The molecule has 1 aliphatic carbocycles. The average molecular weight is 294 g/mol. The molecule has 120 valence electrons. The van der Waals surface area contributed by atoms with Gasteiger partial charge in [-0.05, 0) is 57.8 Å². The first-order chi connectivity index (χ1) is 10.2. The molecule has 2 aliphatic rings. The second-order valence-electron chi connectivity index (χ2n) is 6.89. The van der Waals surface area contributed by atoms with Crippen LogP contribution in [-0.2, 0) is 9.47 Å². The van der Waals surface area contributed by atoms with Crippen LogP contribution in [-0.4, -0.2) is 38.0 Å². The van der Waals surface area contributed by atoms with Crippen molar-refractivity contribution in [3.05, 3.63) is 0 Å². The van der Waals surface area contributed by atoms with Gasteiger partial charge >= 0.3 is 0 Å². The number of nitriles is 1. The van der Waals surface area contributed by atoms with Gasteiger partial charge in [0.15, 0.2) is 0 Å². The molecule has 2 atom stereocenters. The van der Waals surface area contributed by atoms with Crippen molar-refractivity contribution in [3.8, 4) is 6.07 Å². The molecule has 0 aromatic heterocycles. The van der Waals surface area contributed by atoms with Crippen LogP contribution in [0.3, 0.4) is 0 Å². The quantitative estimate of drug-likeness (QED) is 0.734. The molecule has 0 aromatic carbocycles. The van der Waals surface area contributed by atoms with Gasteiger partial charge in [-0.15, -0.1) is 0 Å². The lowest BCUT2D eigenvalue weighted by Gasteiger charge is -2.32. The molecule has 0 radical (unpaired) electrons. The summed E-state index contributed by atoms with van der Waals surface area (Å²) < 4.78 is 11.3. The highest BCUT2D eigenvalue weighted by Crippen LogP contribution is 2.38. The molecule has 2 fully saturated rings. The highest BCUT2D eigenvalue weighted by Gasteiger charge is 2.43. The minimum atomic E-state index is -0.323. The van der Waals surface area contributed by atoms with Crippen molar-refractivity contribution < 1.29 is 9.47 Å². The Bertz CT molecular complexity index is 347. The second-order valence-corrected chi connectivity index (χ2v) is 6.89. The molecule has 2 rings (SSSR count). The maximum absolute atomic E-state index is 9.63. The molecule has 0 aromatic rings. The third-order valence-electron chi connectivity index (χ3n) is 4.87. The van der Waals surface area contributed by atoms with Crippen LogP contribution in [0.1, 0.15) is 52.4 Å². The molecule has 1 saturated carbocycles. The smallest absolute Gasteiger partial charge is 0.109 e. The van der Waals surface area contributed by atoms with Gasteiger partial charge < -0.3 is 9.47 Å². The Kier molecular flexibility index (Phi) is 6.47. The summed E-state index contributed by atoms with van der Waals surface area (Å²) in [7, 11) is 0. The standard InChI is InChI=1S/C17H30N2O2/c1-14(2)19-17(13-18)8-3-4-16(17)7-11-21-12-15-5-9-20-10-6-15/h14-16,19H,3-12H2,1-2H3. The molecule has 1 heterocycles.